The molecule has 1 N–H and O–H groups in total. The van der Waals surface area contributed by atoms with Crippen LogP contribution in [0.2, 0.25) is 0 Å². The fourth-order valence-electron chi connectivity index (χ4n) is 3.57. The highest BCUT2D eigenvalue weighted by Gasteiger charge is 2.33. The van der Waals surface area contributed by atoms with Gasteiger partial charge in [0.15, 0.2) is 5.78 Å². The highest BCUT2D eigenvalue weighted by atomic mass is 32.2. The Kier molecular flexibility index (Phi) is 5.40. The van der Waals surface area contributed by atoms with E-state index in [1.807, 2.05) is 0 Å². The highest BCUT2D eigenvalue weighted by Crippen LogP contribution is 2.23. The number of aryl methyl sites for hydroxylation is 1. The molecule has 28 heavy (non-hydrogen) atoms. The van der Waals surface area contributed by atoms with Crippen molar-refractivity contribution in [3.8, 4) is 0 Å². The lowest BCUT2D eigenvalue weighted by Gasteiger charge is -2.34. The molecular formula is C19H22FN3O4S. The molecule has 1 aliphatic rings. The first kappa shape index (κ1) is 20.2. The number of hydrogen-bond acceptors (Lipinski definition) is 4. The number of hydrogen-bond donors (Lipinski definition) is 1. The number of benzene rings is 1. The van der Waals surface area contributed by atoms with Crippen molar-refractivity contribution in [2.75, 3.05) is 26.2 Å². The minimum atomic E-state index is -3.96. The van der Waals surface area contributed by atoms with E-state index in [1.54, 1.807) is 13.8 Å². The number of nitrogens with zero attached hydrogens (tertiary/aromatic N) is 2. The van der Waals surface area contributed by atoms with E-state index in [9.17, 15) is 22.4 Å². The van der Waals surface area contributed by atoms with Crippen LogP contribution in [0.1, 0.15) is 39.0 Å². The second-order valence-electron chi connectivity index (χ2n) is 6.81. The molecule has 0 atom stereocenters. The zero-order valence-corrected chi connectivity index (χ0v) is 16.8. The number of halogens is 1. The molecule has 0 radical (unpaired) electrons. The number of rotatable bonds is 4. The van der Waals surface area contributed by atoms with Gasteiger partial charge >= 0.3 is 0 Å². The van der Waals surface area contributed by atoms with Crippen LogP contribution in [0.5, 0.6) is 0 Å². The van der Waals surface area contributed by atoms with E-state index < -0.39 is 15.8 Å². The zero-order chi connectivity index (χ0) is 20.6. The van der Waals surface area contributed by atoms with Gasteiger partial charge in [0.2, 0.25) is 10.0 Å². The molecule has 7 nitrogen and oxygen atoms in total. The van der Waals surface area contributed by atoms with Crippen LogP contribution in [-0.2, 0) is 10.0 Å². The SMILES string of the molecule is CC(=O)c1c(C)[nH]c(C(=O)N2CCN(S(=O)(=O)c3ccccc3F)CC2)c1C. The van der Waals surface area contributed by atoms with Gasteiger partial charge < -0.3 is 9.88 Å². The molecular weight excluding hydrogens is 385 g/mol. The van der Waals surface area contributed by atoms with Crippen LogP contribution in [0.4, 0.5) is 4.39 Å². The average molecular weight is 407 g/mol. The van der Waals surface area contributed by atoms with Crippen LogP contribution in [0.15, 0.2) is 29.2 Å². The van der Waals surface area contributed by atoms with Gasteiger partial charge in [-0.15, -0.1) is 0 Å². The van der Waals surface area contributed by atoms with Gasteiger partial charge in [-0.1, -0.05) is 12.1 Å². The third kappa shape index (κ3) is 3.47. The predicted octanol–water partition coefficient (Wildman–Crippen LogP) is 2.12. The summed E-state index contributed by atoms with van der Waals surface area (Å²) in [5, 5.41) is 0. The Morgan fingerprint density at radius 2 is 1.68 bits per heavy atom. The second-order valence-corrected chi connectivity index (χ2v) is 8.71. The maximum absolute atomic E-state index is 13.9. The molecule has 0 spiro atoms. The minimum absolute atomic E-state index is 0.0702. The molecule has 9 heteroatoms. The van der Waals surface area contributed by atoms with Gasteiger partial charge in [-0.05, 0) is 38.5 Å². The van der Waals surface area contributed by atoms with Crippen molar-refractivity contribution in [3.63, 3.8) is 0 Å². The summed E-state index contributed by atoms with van der Waals surface area (Å²) in [4.78, 5) is 28.8. The molecule has 1 aliphatic heterocycles. The summed E-state index contributed by atoms with van der Waals surface area (Å²) in [5.41, 5.74) is 2.07. The van der Waals surface area contributed by atoms with Crippen molar-refractivity contribution in [1.82, 2.24) is 14.2 Å². The molecule has 0 aliphatic carbocycles. The number of amides is 1. The summed E-state index contributed by atoms with van der Waals surface area (Å²) in [5.74, 6) is -1.20. The van der Waals surface area contributed by atoms with Crippen LogP contribution in [-0.4, -0.2) is 60.5 Å². The largest absolute Gasteiger partial charge is 0.354 e. The molecule has 2 aromatic rings. The first-order chi connectivity index (χ1) is 13.1. The Labute approximate surface area is 163 Å². The number of carbonyl (C=O) groups is 2. The number of nitrogens with one attached hydrogen (secondary N) is 1. The summed E-state index contributed by atoms with van der Waals surface area (Å²) in [7, 11) is -3.96. The van der Waals surface area contributed by atoms with E-state index in [-0.39, 0.29) is 42.8 Å². The average Bonchev–Trinajstić information content (AvgIpc) is 2.95. The molecule has 0 bridgehead atoms. The molecule has 1 saturated heterocycles. The molecule has 1 amide bonds. The van der Waals surface area contributed by atoms with Crippen LogP contribution in [0, 0.1) is 19.7 Å². The number of Topliss-reactive ketones (excluding diaryl/α,β-unsaturated/α-hetero) is 1. The first-order valence-corrected chi connectivity index (χ1v) is 10.3. The van der Waals surface area contributed by atoms with Gasteiger partial charge in [0.05, 0.1) is 0 Å². The maximum atomic E-state index is 13.9. The summed E-state index contributed by atoms with van der Waals surface area (Å²) in [6.45, 7) is 5.40. The number of ketones is 1. The summed E-state index contributed by atoms with van der Waals surface area (Å²) in [6.07, 6.45) is 0. The van der Waals surface area contributed by atoms with Crippen LogP contribution >= 0.6 is 0 Å². The summed E-state index contributed by atoms with van der Waals surface area (Å²) in [6, 6.07) is 5.24. The van der Waals surface area contributed by atoms with Gasteiger partial charge in [-0.3, -0.25) is 9.59 Å². The van der Waals surface area contributed by atoms with E-state index in [2.05, 4.69) is 4.98 Å². The van der Waals surface area contributed by atoms with E-state index in [0.717, 1.165) is 6.07 Å². The molecule has 0 saturated carbocycles. The molecule has 2 heterocycles. The van der Waals surface area contributed by atoms with Crippen LogP contribution < -0.4 is 0 Å². The summed E-state index contributed by atoms with van der Waals surface area (Å²) < 4.78 is 40.4. The third-order valence-electron chi connectivity index (χ3n) is 4.98. The Morgan fingerprint density at radius 1 is 1.07 bits per heavy atom. The van der Waals surface area contributed by atoms with Crippen molar-refractivity contribution in [3.05, 3.63) is 52.6 Å². The summed E-state index contributed by atoms with van der Waals surface area (Å²) >= 11 is 0. The predicted molar refractivity (Wildman–Crippen MR) is 101 cm³/mol. The fraction of sp³-hybridized carbons (Fsp3) is 0.368. The third-order valence-corrected chi connectivity index (χ3v) is 6.92. The quantitative estimate of drug-likeness (QED) is 0.786. The number of aromatic amines is 1. The number of piperazine rings is 1. The Morgan fingerprint density at radius 3 is 2.21 bits per heavy atom. The fourth-order valence-corrected chi connectivity index (χ4v) is 5.06. The second kappa shape index (κ2) is 7.48. The van der Waals surface area contributed by atoms with Gasteiger partial charge in [0.1, 0.15) is 16.4 Å². The monoisotopic (exact) mass is 407 g/mol. The standard InChI is InChI=1S/C19H22FN3O4S/c1-12-17(14(3)24)13(2)21-18(12)19(25)22-8-10-23(11-9-22)28(26,27)16-7-5-4-6-15(16)20/h4-7,21H,8-11H2,1-3H3. The van der Waals surface area contributed by atoms with E-state index >= 15 is 0 Å². The molecule has 0 unspecified atom stereocenters. The number of sulfonamides is 1. The van der Waals surface area contributed by atoms with E-state index in [4.69, 9.17) is 0 Å². The maximum Gasteiger partial charge on any atom is 0.270 e. The van der Waals surface area contributed by atoms with Crippen molar-refractivity contribution < 1.29 is 22.4 Å². The highest BCUT2D eigenvalue weighted by molar-refractivity contribution is 7.89. The van der Waals surface area contributed by atoms with E-state index in [0.29, 0.717) is 22.5 Å². The van der Waals surface area contributed by atoms with Crippen molar-refractivity contribution in [2.45, 2.75) is 25.7 Å². The molecule has 1 aromatic heterocycles. The van der Waals surface area contributed by atoms with Gasteiger partial charge in [-0.2, -0.15) is 4.31 Å². The zero-order valence-electron chi connectivity index (χ0n) is 16.0. The Bertz CT molecular complexity index is 1040. The normalized spacial score (nSPS) is 15.6. The topological polar surface area (TPSA) is 90.6 Å². The van der Waals surface area contributed by atoms with E-state index in [1.165, 1.54) is 34.3 Å². The lowest BCUT2D eigenvalue weighted by molar-refractivity contribution is 0.0691. The van der Waals surface area contributed by atoms with Gasteiger partial charge in [0.25, 0.3) is 5.91 Å². The molecule has 1 fully saturated rings. The van der Waals surface area contributed by atoms with Gasteiger partial charge in [-0.25, -0.2) is 12.8 Å². The van der Waals surface area contributed by atoms with Crippen molar-refractivity contribution >= 4 is 21.7 Å². The van der Waals surface area contributed by atoms with Crippen LogP contribution in [0.3, 0.4) is 0 Å². The number of H-pyrrole nitrogens is 1. The van der Waals surface area contributed by atoms with Gasteiger partial charge in [0, 0.05) is 37.4 Å². The molecule has 1 aromatic carbocycles. The Balaban J connectivity index is 1.76. The smallest absolute Gasteiger partial charge is 0.270 e. The minimum Gasteiger partial charge on any atom is -0.354 e. The lowest BCUT2D eigenvalue weighted by Crippen LogP contribution is -2.50. The number of aromatic nitrogens is 1. The number of carbonyl (C=O) groups excluding carboxylic acids is 2. The lowest BCUT2D eigenvalue weighted by atomic mass is 10.1. The molecule has 150 valence electrons. The molecule has 3 rings (SSSR count). The van der Waals surface area contributed by atoms with Crippen LogP contribution in [0.25, 0.3) is 0 Å². The first-order valence-electron chi connectivity index (χ1n) is 8.88. The van der Waals surface area contributed by atoms with Crippen molar-refractivity contribution in [1.29, 1.82) is 0 Å². The van der Waals surface area contributed by atoms with Crippen molar-refractivity contribution in [2.24, 2.45) is 0 Å². The Hall–Kier alpha value is -2.52.